The highest BCUT2D eigenvalue weighted by Gasteiger charge is 2.25. The van der Waals surface area contributed by atoms with E-state index < -0.39 is 0 Å². The summed E-state index contributed by atoms with van der Waals surface area (Å²) in [5.74, 6) is 0. The minimum Gasteiger partial charge on any atom is -0.394 e. The van der Waals surface area contributed by atoms with E-state index in [4.69, 9.17) is 9.84 Å². The molecule has 0 aliphatic carbocycles. The molecule has 1 rings (SSSR count). The van der Waals surface area contributed by atoms with Crippen LogP contribution in [0.25, 0.3) is 0 Å². The van der Waals surface area contributed by atoms with Gasteiger partial charge in [-0.3, -0.25) is 0 Å². The van der Waals surface area contributed by atoms with Gasteiger partial charge in [0.2, 0.25) is 0 Å². The molecule has 1 aliphatic rings. The Balaban J connectivity index is 2.31. The quantitative estimate of drug-likeness (QED) is 0.534. The molecule has 0 aromatic heterocycles. The zero-order valence-electron chi connectivity index (χ0n) is 6.55. The van der Waals surface area contributed by atoms with Crippen molar-refractivity contribution in [3.05, 3.63) is 0 Å². The third-order valence-electron chi connectivity index (χ3n) is 1.69. The Kier molecular flexibility index (Phi) is 2.28. The van der Waals surface area contributed by atoms with Crippen molar-refractivity contribution < 1.29 is 9.84 Å². The highest BCUT2D eigenvalue weighted by Crippen LogP contribution is 2.09. The first-order chi connectivity index (χ1) is 4.64. The van der Waals surface area contributed by atoms with Gasteiger partial charge < -0.3 is 15.2 Å². The molecule has 0 bridgehead atoms. The molecule has 3 nitrogen and oxygen atoms in total. The van der Waals surface area contributed by atoms with Crippen molar-refractivity contribution in [2.45, 2.75) is 25.5 Å². The van der Waals surface area contributed by atoms with Crippen LogP contribution in [0.3, 0.4) is 0 Å². The fourth-order valence-corrected chi connectivity index (χ4v) is 0.944. The maximum absolute atomic E-state index is 8.70. The number of hydrogen-bond donors (Lipinski definition) is 2. The second-order valence-corrected chi connectivity index (χ2v) is 3.38. The maximum Gasteiger partial charge on any atom is 0.0930 e. The molecule has 0 spiro atoms. The molecule has 0 radical (unpaired) electrons. The smallest absolute Gasteiger partial charge is 0.0930 e. The maximum atomic E-state index is 8.70. The summed E-state index contributed by atoms with van der Waals surface area (Å²) < 4.78 is 5.33. The lowest BCUT2D eigenvalue weighted by molar-refractivity contribution is -0.0459. The van der Waals surface area contributed by atoms with Crippen molar-refractivity contribution in [3.63, 3.8) is 0 Å². The molecule has 1 aliphatic heterocycles. The van der Waals surface area contributed by atoms with E-state index in [0.29, 0.717) is 6.61 Å². The molecule has 0 saturated carbocycles. The number of rotatable bonds is 1. The van der Waals surface area contributed by atoms with Gasteiger partial charge in [0.1, 0.15) is 0 Å². The molecule has 1 saturated heterocycles. The fraction of sp³-hybridized carbons (Fsp3) is 1.00. The third kappa shape index (κ3) is 1.94. The summed E-state index contributed by atoms with van der Waals surface area (Å²) in [6, 6.07) is 0. The first-order valence-electron chi connectivity index (χ1n) is 3.61. The van der Waals surface area contributed by atoms with Gasteiger partial charge in [-0.2, -0.15) is 0 Å². The summed E-state index contributed by atoms with van der Waals surface area (Å²) in [5, 5.41) is 12.0. The fourth-order valence-electron chi connectivity index (χ4n) is 0.944. The van der Waals surface area contributed by atoms with Crippen LogP contribution in [0.4, 0.5) is 0 Å². The largest absolute Gasteiger partial charge is 0.394 e. The Morgan fingerprint density at radius 3 is 2.80 bits per heavy atom. The van der Waals surface area contributed by atoms with Crippen molar-refractivity contribution in [1.29, 1.82) is 0 Å². The summed E-state index contributed by atoms with van der Waals surface area (Å²) in [6.07, 6.45) is -0.00646. The minimum atomic E-state index is -0.00646. The standard InChI is InChI=1S/C7H15NO2/c1-7(2)5-10-6(4-9)3-8-7/h6,8-9H,3-5H2,1-2H3. The lowest BCUT2D eigenvalue weighted by Crippen LogP contribution is -2.54. The molecule has 1 unspecified atom stereocenters. The molecule has 0 amide bonds. The zero-order valence-corrected chi connectivity index (χ0v) is 6.55. The molecule has 60 valence electrons. The third-order valence-corrected chi connectivity index (χ3v) is 1.69. The van der Waals surface area contributed by atoms with Crippen molar-refractivity contribution in [1.82, 2.24) is 5.32 Å². The first-order valence-corrected chi connectivity index (χ1v) is 3.61. The van der Waals surface area contributed by atoms with Crippen LogP contribution in [-0.2, 0) is 4.74 Å². The molecule has 1 heterocycles. The molecule has 0 aromatic carbocycles. The van der Waals surface area contributed by atoms with Gasteiger partial charge in [-0.05, 0) is 13.8 Å². The van der Waals surface area contributed by atoms with E-state index in [0.717, 1.165) is 6.54 Å². The van der Waals surface area contributed by atoms with Gasteiger partial charge in [0.25, 0.3) is 0 Å². The predicted molar refractivity (Wildman–Crippen MR) is 38.9 cm³/mol. The van der Waals surface area contributed by atoms with E-state index in [1.165, 1.54) is 0 Å². The number of ether oxygens (including phenoxy) is 1. The van der Waals surface area contributed by atoms with Gasteiger partial charge in [-0.15, -0.1) is 0 Å². The van der Waals surface area contributed by atoms with Crippen LogP contribution >= 0.6 is 0 Å². The zero-order chi connectivity index (χ0) is 7.61. The Bertz CT molecular complexity index is 104. The summed E-state index contributed by atoms with van der Waals surface area (Å²) in [5.41, 5.74) is 0.0751. The van der Waals surface area contributed by atoms with Gasteiger partial charge in [0.05, 0.1) is 19.3 Å². The molecule has 0 aromatic rings. The van der Waals surface area contributed by atoms with E-state index in [1.807, 2.05) is 0 Å². The summed E-state index contributed by atoms with van der Waals surface area (Å²) in [7, 11) is 0. The number of hydrogen-bond acceptors (Lipinski definition) is 3. The van der Waals surface area contributed by atoms with Gasteiger partial charge >= 0.3 is 0 Å². The monoisotopic (exact) mass is 145 g/mol. The molecule has 1 fully saturated rings. The van der Waals surface area contributed by atoms with Crippen molar-refractivity contribution in [2.24, 2.45) is 0 Å². The molecule has 1 atom stereocenters. The number of nitrogens with one attached hydrogen (secondary N) is 1. The van der Waals surface area contributed by atoms with Crippen LogP contribution in [0, 0.1) is 0 Å². The second-order valence-electron chi connectivity index (χ2n) is 3.38. The molecular formula is C7H15NO2. The Morgan fingerprint density at radius 1 is 1.70 bits per heavy atom. The molecule has 2 N–H and O–H groups in total. The summed E-state index contributed by atoms with van der Waals surface area (Å²) >= 11 is 0. The van der Waals surface area contributed by atoms with E-state index in [1.54, 1.807) is 0 Å². The van der Waals surface area contributed by atoms with Gasteiger partial charge in [0, 0.05) is 12.1 Å². The predicted octanol–water partition coefficient (Wildman–Crippen LogP) is -0.254. The van der Waals surface area contributed by atoms with Crippen LogP contribution in [0.1, 0.15) is 13.8 Å². The van der Waals surface area contributed by atoms with Gasteiger partial charge in [-0.1, -0.05) is 0 Å². The minimum absolute atomic E-state index is 0.00646. The summed E-state index contributed by atoms with van der Waals surface area (Å²) in [6.45, 7) is 5.71. The second kappa shape index (κ2) is 2.86. The number of aliphatic hydroxyl groups excluding tert-OH is 1. The number of aliphatic hydroxyl groups is 1. The number of morpholine rings is 1. The Morgan fingerprint density at radius 2 is 2.40 bits per heavy atom. The average molecular weight is 145 g/mol. The first kappa shape index (κ1) is 7.98. The Labute approximate surface area is 61.4 Å². The van der Waals surface area contributed by atoms with Crippen LogP contribution in [0.5, 0.6) is 0 Å². The highest BCUT2D eigenvalue weighted by atomic mass is 16.5. The van der Waals surface area contributed by atoms with E-state index in [9.17, 15) is 0 Å². The van der Waals surface area contributed by atoms with Gasteiger partial charge in [0.15, 0.2) is 0 Å². The van der Waals surface area contributed by atoms with Crippen molar-refractivity contribution in [2.75, 3.05) is 19.8 Å². The van der Waals surface area contributed by atoms with Crippen LogP contribution in [0.2, 0.25) is 0 Å². The Hall–Kier alpha value is -0.120. The lowest BCUT2D eigenvalue weighted by atomic mass is 10.1. The molecule has 3 heteroatoms. The highest BCUT2D eigenvalue weighted by molar-refractivity contribution is 4.83. The van der Waals surface area contributed by atoms with Gasteiger partial charge in [-0.25, -0.2) is 0 Å². The normalized spacial score (nSPS) is 32.1. The van der Waals surface area contributed by atoms with E-state index in [-0.39, 0.29) is 18.2 Å². The SMILES string of the molecule is CC1(C)COC(CO)CN1. The van der Waals surface area contributed by atoms with Crippen LogP contribution < -0.4 is 5.32 Å². The van der Waals surface area contributed by atoms with Crippen molar-refractivity contribution >= 4 is 0 Å². The van der Waals surface area contributed by atoms with E-state index >= 15 is 0 Å². The van der Waals surface area contributed by atoms with Crippen LogP contribution in [-0.4, -0.2) is 36.5 Å². The molecular weight excluding hydrogens is 130 g/mol. The molecule has 10 heavy (non-hydrogen) atoms. The van der Waals surface area contributed by atoms with Crippen molar-refractivity contribution in [3.8, 4) is 0 Å². The van der Waals surface area contributed by atoms with E-state index in [2.05, 4.69) is 19.2 Å². The average Bonchev–Trinajstić information content (AvgIpc) is 1.88. The lowest BCUT2D eigenvalue weighted by Gasteiger charge is -2.35. The van der Waals surface area contributed by atoms with Crippen LogP contribution in [0.15, 0.2) is 0 Å². The topological polar surface area (TPSA) is 41.5 Å². The summed E-state index contributed by atoms with van der Waals surface area (Å²) in [4.78, 5) is 0.